The van der Waals surface area contributed by atoms with Crippen LogP contribution in [0.2, 0.25) is 0 Å². The number of hydrogen-bond donors (Lipinski definition) is 2. The van der Waals surface area contributed by atoms with Gasteiger partial charge in [-0.25, -0.2) is 0 Å². The topological polar surface area (TPSA) is 41.1 Å². The van der Waals surface area contributed by atoms with E-state index in [0.717, 1.165) is 24.0 Å². The van der Waals surface area contributed by atoms with Crippen molar-refractivity contribution in [1.29, 1.82) is 0 Å². The first-order valence-corrected chi connectivity index (χ1v) is 9.41. The lowest BCUT2D eigenvalue weighted by Gasteiger charge is -2.30. The van der Waals surface area contributed by atoms with Crippen molar-refractivity contribution in [2.45, 2.75) is 52.0 Å². The molecule has 1 fully saturated rings. The zero-order valence-corrected chi connectivity index (χ0v) is 17.3. The summed E-state index contributed by atoms with van der Waals surface area (Å²) in [5, 5.41) is 6.66. The van der Waals surface area contributed by atoms with Crippen molar-refractivity contribution in [3.05, 3.63) is 34.3 Å². The van der Waals surface area contributed by atoms with Crippen molar-refractivity contribution in [3.8, 4) is 0 Å². The summed E-state index contributed by atoms with van der Waals surface area (Å²) in [5.74, 6) is 1.24. The van der Waals surface area contributed by atoms with Crippen molar-refractivity contribution >= 4 is 34.2 Å². The van der Waals surface area contributed by atoms with Gasteiger partial charge in [-0.3, -0.25) is 4.79 Å². The number of nitrogens with one attached hydrogen (secondary N) is 2. The third-order valence-corrected chi connectivity index (χ3v) is 5.21. The largest absolute Gasteiger partial charge is 0.351 e. The van der Waals surface area contributed by atoms with Crippen LogP contribution < -0.4 is 10.6 Å². The first-order chi connectivity index (χ1) is 10.9. The predicted molar refractivity (Wildman–Crippen MR) is 107 cm³/mol. The summed E-state index contributed by atoms with van der Waals surface area (Å²) in [7, 11) is 0. The van der Waals surface area contributed by atoms with E-state index in [0.29, 0.717) is 18.3 Å². The second-order valence-corrected chi connectivity index (χ2v) is 8.44. The summed E-state index contributed by atoms with van der Waals surface area (Å²) < 4.78 is 1.08. The van der Waals surface area contributed by atoms with Gasteiger partial charge < -0.3 is 10.6 Å². The van der Waals surface area contributed by atoms with Crippen LogP contribution in [0.3, 0.4) is 0 Å². The predicted octanol–water partition coefficient (Wildman–Crippen LogP) is 4.33. The minimum absolute atomic E-state index is 0. The molecule has 2 atom stereocenters. The second kappa shape index (κ2) is 9.79. The maximum atomic E-state index is 12.4. The van der Waals surface area contributed by atoms with E-state index < -0.39 is 0 Å². The molecule has 1 aromatic carbocycles. The fourth-order valence-corrected chi connectivity index (χ4v) is 3.67. The van der Waals surface area contributed by atoms with Crippen molar-refractivity contribution in [2.75, 3.05) is 13.1 Å². The summed E-state index contributed by atoms with van der Waals surface area (Å²) in [6.07, 6.45) is 3.93. The van der Waals surface area contributed by atoms with E-state index in [9.17, 15) is 4.79 Å². The summed E-state index contributed by atoms with van der Waals surface area (Å²) in [6, 6.07) is 8.30. The Morgan fingerprint density at radius 3 is 2.62 bits per heavy atom. The van der Waals surface area contributed by atoms with Crippen LogP contribution in [0.1, 0.15) is 45.6 Å². The van der Waals surface area contributed by atoms with E-state index in [4.69, 9.17) is 0 Å². The van der Waals surface area contributed by atoms with Crippen LogP contribution in [-0.4, -0.2) is 24.5 Å². The van der Waals surface area contributed by atoms with Gasteiger partial charge in [0, 0.05) is 16.4 Å². The molecule has 136 valence electrons. The molecule has 3 nitrogen and oxygen atoms in total. The first kappa shape index (κ1) is 21.5. The molecular formula is C19H30BrClN2O. The standard InChI is InChI=1S/C19H29BrN2O.ClH/c1-14(16-5-4-10-21-13-16)11-18(23)22-19(2,3)12-15-6-8-17(20)9-7-15;/h6-9,14,16,21H,4-5,10-13H2,1-3H3,(H,22,23);1H. The van der Waals surface area contributed by atoms with E-state index in [1.807, 2.05) is 12.1 Å². The molecular weight excluding hydrogens is 388 g/mol. The van der Waals surface area contributed by atoms with E-state index in [2.05, 4.69) is 59.5 Å². The van der Waals surface area contributed by atoms with Crippen LogP contribution in [0.15, 0.2) is 28.7 Å². The number of rotatable bonds is 6. The number of amides is 1. The zero-order chi connectivity index (χ0) is 16.9. The molecule has 1 amide bonds. The maximum absolute atomic E-state index is 12.4. The van der Waals surface area contributed by atoms with Crippen molar-refractivity contribution < 1.29 is 4.79 Å². The van der Waals surface area contributed by atoms with Gasteiger partial charge >= 0.3 is 0 Å². The Balaban J connectivity index is 0.00000288. The normalized spacial score (nSPS) is 19.2. The lowest BCUT2D eigenvalue weighted by molar-refractivity contribution is -0.123. The van der Waals surface area contributed by atoms with Gasteiger partial charge in [0.15, 0.2) is 0 Å². The number of carbonyl (C=O) groups is 1. The molecule has 0 radical (unpaired) electrons. The van der Waals surface area contributed by atoms with Crippen molar-refractivity contribution in [2.24, 2.45) is 11.8 Å². The highest BCUT2D eigenvalue weighted by molar-refractivity contribution is 9.10. The highest BCUT2D eigenvalue weighted by Gasteiger charge is 2.25. The van der Waals surface area contributed by atoms with E-state index in [-0.39, 0.29) is 23.9 Å². The summed E-state index contributed by atoms with van der Waals surface area (Å²) >= 11 is 3.46. The monoisotopic (exact) mass is 416 g/mol. The van der Waals surface area contributed by atoms with Gasteiger partial charge in [-0.2, -0.15) is 0 Å². The number of halogens is 2. The molecule has 1 heterocycles. The SMILES string of the molecule is CC(CC(=O)NC(C)(C)Cc1ccc(Br)cc1)C1CCCNC1.Cl. The Hall–Kier alpha value is -0.580. The Labute approximate surface area is 160 Å². The van der Waals surface area contributed by atoms with Crippen LogP contribution in [0.5, 0.6) is 0 Å². The van der Waals surface area contributed by atoms with Crippen LogP contribution in [0, 0.1) is 11.8 Å². The fourth-order valence-electron chi connectivity index (χ4n) is 3.41. The fraction of sp³-hybridized carbons (Fsp3) is 0.632. The average molecular weight is 418 g/mol. The summed E-state index contributed by atoms with van der Waals surface area (Å²) in [4.78, 5) is 12.4. The molecule has 2 N–H and O–H groups in total. The molecule has 24 heavy (non-hydrogen) atoms. The smallest absolute Gasteiger partial charge is 0.220 e. The van der Waals surface area contributed by atoms with Gasteiger partial charge in [0.05, 0.1) is 0 Å². The molecule has 1 saturated heterocycles. The van der Waals surface area contributed by atoms with E-state index in [1.165, 1.54) is 18.4 Å². The number of piperidine rings is 1. The van der Waals surface area contributed by atoms with Crippen LogP contribution in [-0.2, 0) is 11.2 Å². The van der Waals surface area contributed by atoms with Crippen LogP contribution in [0.25, 0.3) is 0 Å². The number of benzene rings is 1. The Kier molecular flexibility index (Phi) is 8.75. The number of hydrogen-bond acceptors (Lipinski definition) is 2. The van der Waals surface area contributed by atoms with Crippen LogP contribution in [0.4, 0.5) is 0 Å². The molecule has 1 aliphatic rings. The highest BCUT2D eigenvalue weighted by atomic mass is 79.9. The molecule has 0 aliphatic carbocycles. The Bertz CT molecular complexity index is 513. The maximum Gasteiger partial charge on any atom is 0.220 e. The molecule has 5 heteroatoms. The molecule has 1 aliphatic heterocycles. The first-order valence-electron chi connectivity index (χ1n) is 8.62. The zero-order valence-electron chi connectivity index (χ0n) is 14.9. The molecule has 2 rings (SSSR count). The van der Waals surface area contributed by atoms with Gasteiger partial charge in [0.25, 0.3) is 0 Å². The van der Waals surface area contributed by atoms with E-state index >= 15 is 0 Å². The molecule has 2 unspecified atom stereocenters. The minimum Gasteiger partial charge on any atom is -0.351 e. The average Bonchev–Trinajstić information content (AvgIpc) is 2.49. The third kappa shape index (κ3) is 7.12. The van der Waals surface area contributed by atoms with Crippen molar-refractivity contribution in [3.63, 3.8) is 0 Å². The van der Waals surface area contributed by atoms with Gasteiger partial charge in [0.1, 0.15) is 0 Å². The highest BCUT2D eigenvalue weighted by Crippen LogP contribution is 2.23. The van der Waals surface area contributed by atoms with E-state index in [1.54, 1.807) is 0 Å². The van der Waals surface area contributed by atoms with Gasteiger partial charge in [-0.05, 0) is 75.7 Å². The number of carbonyl (C=O) groups excluding carboxylic acids is 1. The second-order valence-electron chi connectivity index (χ2n) is 7.52. The summed E-state index contributed by atoms with van der Waals surface area (Å²) in [5.41, 5.74) is 1.01. The molecule has 0 saturated carbocycles. The van der Waals surface area contributed by atoms with Gasteiger partial charge in [-0.15, -0.1) is 12.4 Å². The lowest BCUT2D eigenvalue weighted by atomic mass is 9.85. The van der Waals surface area contributed by atoms with Crippen LogP contribution >= 0.6 is 28.3 Å². The Morgan fingerprint density at radius 1 is 1.38 bits per heavy atom. The van der Waals surface area contributed by atoms with Crippen molar-refractivity contribution in [1.82, 2.24) is 10.6 Å². The molecule has 0 aromatic heterocycles. The molecule has 1 aromatic rings. The third-order valence-electron chi connectivity index (χ3n) is 4.68. The quantitative estimate of drug-likeness (QED) is 0.723. The van der Waals surface area contributed by atoms with Gasteiger partial charge in [-0.1, -0.05) is 35.0 Å². The lowest BCUT2D eigenvalue weighted by Crippen LogP contribution is -2.46. The molecule has 0 spiro atoms. The minimum atomic E-state index is -0.227. The molecule has 0 bridgehead atoms. The Morgan fingerprint density at radius 2 is 2.04 bits per heavy atom. The summed E-state index contributed by atoms with van der Waals surface area (Å²) in [6.45, 7) is 8.57. The van der Waals surface area contributed by atoms with Gasteiger partial charge in [0.2, 0.25) is 5.91 Å².